The number of carbonyl (C=O) groups excluding carboxylic acids is 1. The first kappa shape index (κ1) is 20.7. The Morgan fingerprint density at radius 2 is 1.93 bits per heavy atom. The number of nitro groups is 1. The van der Waals surface area contributed by atoms with Crippen molar-refractivity contribution in [3.63, 3.8) is 0 Å². The molecular formula is C20H25N5O4S. The molecule has 0 bridgehead atoms. The normalized spacial score (nSPS) is 19.0. The van der Waals surface area contributed by atoms with Crippen LogP contribution >= 0.6 is 11.3 Å². The summed E-state index contributed by atoms with van der Waals surface area (Å²) in [7, 11) is 0. The minimum absolute atomic E-state index is 0.0180. The zero-order valence-electron chi connectivity index (χ0n) is 16.9. The van der Waals surface area contributed by atoms with Crippen LogP contribution in [0.15, 0.2) is 29.8 Å². The van der Waals surface area contributed by atoms with Gasteiger partial charge in [0.2, 0.25) is 0 Å². The summed E-state index contributed by atoms with van der Waals surface area (Å²) >= 11 is 1.64. The average Bonchev–Trinajstić information content (AvgIpc) is 3.33. The fourth-order valence-electron chi connectivity index (χ4n) is 3.97. The van der Waals surface area contributed by atoms with Gasteiger partial charge in [0, 0.05) is 62.5 Å². The fourth-order valence-corrected chi connectivity index (χ4v) is 4.70. The second-order valence-electron chi connectivity index (χ2n) is 7.43. The van der Waals surface area contributed by atoms with E-state index in [9.17, 15) is 14.9 Å². The van der Waals surface area contributed by atoms with Crippen molar-refractivity contribution in [2.45, 2.75) is 13.0 Å². The van der Waals surface area contributed by atoms with Crippen molar-refractivity contribution in [2.75, 3.05) is 57.4 Å². The molecule has 30 heavy (non-hydrogen) atoms. The first-order valence-electron chi connectivity index (χ1n) is 10.1. The fraction of sp³-hybridized carbons (Fsp3) is 0.500. The molecule has 2 aliphatic rings. The van der Waals surface area contributed by atoms with E-state index >= 15 is 0 Å². The van der Waals surface area contributed by atoms with E-state index in [1.54, 1.807) is 28.4 Å². The van der Waals surface area contributed by atoms with E-state index in [4.69, 9.17) is 4.74 Å². The Labute approximate surface area is 179 Å². The van der Waals surface area contributed by atoms with Gasteiger partial charge in [-0.05, 0) is 19.1 Å². The van der Waals surface area contributed by atoms with Crippen LogP contribution in [-0.2, 0) is 4.74 Å². The van der Waals surface area contributed by atoms with Crippen LogP contribution in [0.5, 0.6) is 0 Å². The van der Waals surface area contributed by atoms with E-state index in [0.717, 1.165) is 18.1 Å². The molecular weight excluding hydrogens is 406 g/mol. The first-order valence-corrected chi connectivity index (χ1v) is 11.0. The summed E-state index contributed by atoms with van der Waals surface area (Å²) in [5, 5.41) is 14.8. The third kappa shape index (κ3) is 4.30. The largest absolute Gasteiger partial charge is 0.378 e. The molecule has 160 valence electrons. The number of nitro benzene ring substituents is 1. The molecule has 4 rings (SSSR count). The number of nitrogens with zero attached hydrogens (tertiary/aromatic N) is 5. The number of ether oxygens (including phenoxy) is 1. The van der Waals surface area contributed by atoms with Gasteiger partial charge in [-0.25, -0.2) is 4.98 Å². The SMILES string of the molecule is CC(c1nccs1)N1CCN(c2ccc(C(=O)N3CCOCC3)cc2[N+](=O)[O-])CC1. The van der Waals surface area contributed by atoms with Gasteiger partial charge in [0.1, 0.15) is 10.7 Å². The van der Waals surface area contributed by atoms with Crippen LogP contribution in [0.1, 0.15) is 28.3 Å². The summed E-state index contributed by atoms with van der Waals surface area (Å²) in [5.41, 5.74) is 0.902. The molecule has 10 heteroatoms. The predicted molar refractivity (Wildman–Crippen MR) is 114 cm³/mol. The molecule has 0 spiro atoms. The summed E-state index contributed by atoms with van der Waals surface area (Å²) < 4.78 is 5.28. The lowest BCUT2D eigenvalue weighted by molar-refractivity contribution is -0.384. The Balaban J connectivity index is 1.47. The number of hydrogen-bond acceptors (Lipinski definition) is 8. The van der Waals surface area contributed by atoms with Gasteiger partial charge in [-0.15, -0.1) is 11.3 Å². The number of benzene rings is 1. The zero-order valence-corrected chi connectivity index (χ0v) is 17.7. The zero-order chi connectivity index (χ0) is 21.1. The molecule has 2 aromatic rings. The Morgan fingerprint density at radius 1 is 1.20 bits per heavy atom. The number of piperazine rings is 1. The number of morpholine rings is 1. The first-order chi connectivity index (χ1) is 14.5. The van der Waals surface area contributed by atoms with E-state index in [-0.39, 0.29) is 17.6 Å². The minimum atomic E-state index is -0.393. The molecule has 1 atom stereocenters. The standard InChI is InChI=1S/C20H25N5O4S/c1-15(19-21-4-13-30-19)22-5-7-23(8-6-22)17-3-2-16(14-18(17)25(27)28)20(26)24-9-11-29-12-10-24/h2-4,13-15H,5-12H2,1H3. The van der Waals surface area contributed by atoms with Crippen LogP contribution in [0.2, 0.25) is 0 Å². The molecule has 2 fully saturated rings. The number of amides is 1. The van der Waals surface area contributed by atoms with Gasteiger partial charge < -0.3 is 14.5 Å². The second-order valence-corrected chi connectivity index (χ2v) is 8.36. The van der Waals surface area contributed by atoms with Crippen molar-refractivity contribution in [1.82, 2.24) is 14.8 Å². The minimum Gasteiger partial charge on any atom is -0.378 e. The van der Waals surface area contributed by atoms with Crippen LogP contribution < -0.4 is 4.90 Å². The monoisotopic (exact) mass is 431 g/mol. The summed E-state index contributed by atoms with van der Waals surface area (Å²) in [6, 6.07) is 5.06. The number of thiazole rings is 1. The van der Waals surface area contributed by atoms with Crippen molar-refractivity contribution in [3.05, 3.63) is 50.5 Å². The predicted octanol–water partition coefficient (Wildman–Crippen LogP) is 2.41. The molecule has 3 heterocycles. The highest BCUT2D eigenvalue weighted by molar-refractivity contribution is 7.09. The lowest BCUT2D eigenvalue weighted by Crippen LogP contribution is -2.47. The van der Waals surface area contributed by atoms with E-state index in [2.05, 4.69) is 16.8 Å². The Bertz CT molecular complexity index is 893. The smallest absolute Gasteiger partial charge is 0.293 e. The van der Waals surface area contributed by atoms with Gasteiger partial charge >= 0.3 is 0 Å². The molecule has 2 saturated heterocycles. The lowest BCUT2D eigenvalue weighted by atomic mass is 10.1. The highest BCUT2D eigenvalue weighted by atomic mass is 32.1. The third-order valence-corrected chi connectivity index (χ3v) is 6.67. The van der Waals surface area contributed by atoms with Crippen LogP contribution in [-0.4, -0.2) is 78.1 Å². The van der Waals surface area contributed by atoms with Crippen LogP contribution in [0.25, 0.3) is 0 Å². The van der Waals surface area contributed by atoms with Gasteiger partial charge in [0.25, 0.3) is 11.6 Å². The van der Waals surface area contributed by atoms with Gasteiger partial charge in [0.05, 0.1) is 24.2 Å². The molecule has 1 aromatic heterocycles. The number of aromatic nitrogens is 1. The van der Waals surface area contributed by atoms with Crippen molar-refractivity contribution in [1.29, 1.82) is 0 Å². The van der Waals surface area contributed by atoms with Crippen molar-refractivity contribution in [3.8, 4) is 0 Å². The van der Waals surface area contributed by atoms with Crippen molar-refractivity contribution < 1.29 is 14.5 Å². The molecule has 1 amide bonds. The molecule has 0 N–H and O–H groups in total. The second kappa shape index (κ2) is 9.07. The third-order valence-electron chi connectivity index (χ3n) is 5.73. The summed E-state index contributed by atoms with van der Waals surface area (Å²) in [5.74, 6) is -0.185. The van der Waals surface area contributed by atoms with Crippen molar-refractivity contribution >= 4 is 28.6 Å². The van der Waals surface area contributed by atoms with Crippen molar-refractivity contribution in [2.24, 2.45) is 0 Å². The Kier molecular flexibility index (Phi) is 6.26. The number of anilines is 1. The van der Waals surface area contributed by atoms with Crippen LogP contribution in [0.4, 0.5) is 11.4 Å². The summed E-state index contributed by atoms with van der Waals surface area (Å²) in [6.45, 7) is 7.12. The topological polar surface area (TPSA) is 92.1 Å². The molecule has 9 nitrogen and oxygen atoms in total. The van der Waals surface area contributed by atoms with Crippen LogP contribution in [0, 0.1) is 10.1 Å². The van der Waals surface area contributed by atoms with Gasteiger partial charge in [-0.1, -0.05) is 0 Å². The summed E-state index contributed by atoms with van der Waals surface area (Å²) in [6.07, 6.45) is 1.82. The van der Waals surface area contributed by atoms with Gasteiger partial charge in [0.15, 0.2) is 0 Å². The number of rotatable bonds is 5. The molecule has 0 radical (unpaired) electrons. The molecule has 0 saturated carbocycles. The van der Waals surface area contributed by atoms with E-state index < -0.39 is 4.92 Å². The maximum atomic E-state index is 12.7. The maximum Gasteiger partial charge on any atom is 0.293 e. The highest BCUT2D eigenvalue weighted by Gasteiger charge is 2.28. The molecule has 1 aromatic carbocycles. The van der Waals surface area contributed by atoms with Crippen LogP contribution in [0.3, 0.4) is 0 Å². The Morgan fingerprint density at radius 3 is 2.57 bits per heavy atom. The Hall–Kier alpha value is -2.56. The summed E-state index contributed by atoms with van der Waals surface area (Å²) in [4.78, 5) is 34.5. The number of hydrogen-bond donors (Lipinski definition) is 0. The van der Waals surface area contributed by atoms with E-state index in [1.807, 2.05) is 16.5 Å². The molecule has 0 aliphatic carbocycles. The van der Waals surface area contributed by atoms with E-state index in [1.165, 1.54) is 6.07 Å². The lowest BCUT2D eigenvalue weighted by Gasteiger charge is -2.38. The maximum absolute atomic E-state index is 12.7. The van der Waals surface area contributed by atoms with Gasteiger partial charge in [-0.2, -0.15) is 0 Å². The molecule has 1 unspecified atom stereocenters. The molecule has 2 aliphatic heterocycles. The van der Waals surface area contributed by atoms with E-state index in [0.29, 0.717) is 50.6 Å². The quantitative estimate of drug-likeness (QED) is 0.530. The highest BCUT2D eigenvalue weighted by Crippen LogP contribution is 2.32. The number of carbonyl (C=O) groups is 1. The van der Waals surface area contributed by atoms with Gasteiger partial charge in [-0.3, -0.25) is 19.8 Å². The average molecular weight is 432 g/mol.